The van der Waals surface area contributed by atoms with E-state index < -0.39 is 0 Å². The minimum atomic E-state index is -0.295. The first kappa shape index (κ1) is 17.1. The van der Waals surface area contributed by atoms with Gasteiger partial charge in [0.15, 0.2) is 0 Å². The molecule has 5 nitrogen and oxygen atoms in total. The number of aromatic nitrogens is 1. The fourth-order valence-electron chi connectivity index (χ4n) is 4.11. The summed E-state index contributed by atoms with van der Waals surface area (Å²) in [5, 5.41) is 2.54. The molecule has 4 rings (SSSR count). The number of rotatable bonds is 4. The Bertz CT molecular complexity index is 820. The van der Waals surface area contributed by atoms with Gasteiger partial charge in [0.25, 0.3) is 0 Å². The SMILES string of the molecule is O=C(Cc1csc(-c2ccc(F)cc2)n1)NNC(=O)C1CC2CCC1C2. The molecule has 2 N–H and O–H groups in total. The maximum absolute atomic E-state index is 13.0. The van der Waals surface area contributed by atoms with Crippen LogP contribution in [0.15, 0.2) is 29.6 Å². The highest BCUT2D eigenvalue weighted by Crippen LogP contribution is 2.48. The van der Waals surface area contributed by atoms with Crippen LogP contribution in [-0.2, 0) is 16.0 Å². The molecule has 3 unspecified atom stereocenters. The van der Waals surface area contributed by atoms with Gasteiger partial charge in [-0.15, -0.1) is 11.3 Å². The summed E-state index contributed by atoms with van der Waals surface area (Å²) in [4.78, 5) is 28.7. The number of benzene rings is 1. The number of nitrogens with zero attached hydrogens (tertiary/aromatic N) is 1. The second kappa shape index (κ2) is 7.15. The third-order valence-electron chi connectivity index (χ3n) is 5.38. The molecule has 2 amide bonds. The molecule has 2 fully saturated rings. The van der Waals surface area contributed by atoms with Gasteiger partial charge in [-0.1, -0.05) is 6.42 Å². The summed E-state index contributed by atoms with van der Waals surface area (Å²) in [5.41, 5.74) is 6.51. The Labute approximate surface area is 155 Å². The van der Waals surface area contributed by atoms with Crippen molar-refractivity contribution < 1.29 is 14.0 Å². The van der Waals surface area contributed by atoms with Gasteiger partial charge < -0.3 is 0 Å². The van der Waals surface area contributed by atoms with Crippen LogP contribution in [0.3, 0.4) is 0 Å². The minimum absolute atomic E-state index is 0.0402. The summed E-state index contributed by atoms with van der Waals surface area (Å²) >= 11 is 1.40. The van der Waals surface area contributed by atoms with Crippen molar-refractivity contribution in [2.75, 3.05) is 0 Å². The molecule has 0 spiro atoms. The predicted octanol–water partition coefficient (Wildman–Crippen LogP) is 3.08. The molecule has 2 saturated carbocycles. The van der Waals surface area contributed by atoms with Crippen molar-refractivity contribution in [1.82, 2.24) is 15.8 Å². The van der Waals surface area contributed by atoms with E-state index in [-0.39, 0.29) is 30.0 Å². The number of fused-ring (bicyclic) bond motifs is 2. The van der Waals surface area contributed by atoms with Gasteiger partial charge >= 0.3 is 0 Å². The standard InChI is InChI=1S/C19H20FN3O2S/c20-14-5-3-12(4-6-14)19-21-15(10-26-19)9-17(24)22-23-18(25)16-8-11-1-2-13(16)7-11/h3-6,10-11,13,16H,1-2,7-9H2,(H,22,24)(H,23,25). The van der Waals surface area contributed by atoms with Gasteiger partial charge in [0.05, 0.1) is 12.1 Å². The monoisotopic (exact) mass is 373 g/mol. The summed E-state index contributed by atoms with van der Waals surface area (Å²) in [6.07, 6.45) is 4.55. The van der Waals surface area contributed by atoms with E-state index in [0.717, 1.165) is 29.8 Å². The molecule has 0 radical (unpaired) electrons. The Balaban J connectivity index is 1.28. The number of hydrazine groups is 1. The maximum atomic E-state index is 13.0. The normalized spacial score (nSPS) is 23.8. The van der Waals surface area contributed by atoms with E-state index in [2.05, 4.69) is 15.8 Å². The van der Waals surface area contributed by atoms with Gasteiger partial charge in [-0.25, -0.2) is 9.37 Å². The topological polar surface area (TPSA) is 71.1 Å². The molecular formula is C19H20FN3O2S. The van der Waals surface area contributed by atoms with Crippen LogP contribution < -0.4 is 10.9 Å². The van der Waals surface area contributed by atoms with E-state index in [1.807, 2.05) is 0 Å². The molecule has 0 aliphatic heterocycles. The Morgan fingerprint density at radius 3 is 2.65 bits per heavy atom. The Kier molecular flexibility index (Phi) is 4.72. The van der Waals surface area contributed by atoms with Crippen molar-refractivity contribution in [2.24, 2.45) is 17.8 Å². The molecule has 7 heteroatoms. The Hall–Kier alpha value is -2.28. The molecule has 0 saturated heterocycles. The highest BCUT2D eigenvalue weighted by atomic mass is 32.1. The lowest BCUT2D eigenvalue weighted by Gasteiger charge is -2.20. The summed E-state index contributed by atoms with van der Waals surface area (Å²) in [6, 6.07) is 6.09. The smallest absolute Gasteiger partial charge is 0.244 e. The fraction of sp³-hybridized carbons (Fsp3) is 0.421. The van der Waals surface area contributed by atoms with Crippen molar-refractivity contribution in [3.63, 3.8) is 0 Å². The zero-order valence-electron chi connectivity index (χ0n) is 14.2. The minimum Gasteiger partial charge on any atom is -0.273 e. The van der Waals surface area contributed by atoms with Gasteiger partial charge in [0.1, 0.15) is 10.8 Å². The van der Waals surface area contributed by atoms with Crippen LogP contribution in [-0.4, -0.2) is 16.8 Å². The van der Waals surface area contributed by atoms with Crippen LogP contribution in [0.4, 0.5) is 4.39 Å². The van der Waals surface area contributed by atoms with Gasteiger partial charge in [0, 0.05) is 16.9 Å². The molecule has 1 heterocycles. The van der Waals surface area contributed by atoms with Crippen molar-refractivity contribution in [3.8, 4) is 10.6 Å². The van der Waals surface area contributed by atoms with Crippen LogP contribution >= 0.6 is 11.3 Å². The second-order valence-electron chi connectivity index (χ2n) is 7.15. The van der Waals surface area contributed by atoms with Crippen LogP contribution in [0.25, 0.3) is 10.6 Å². The first-order chi connectivity index (χ1) is 12.6. The predicted molar refractivity (Wildman–Crippen MR) is 96.4 cm³/mol. The fourth-order valence-corrected chi connectivity index (χ4v) is 4.94. The maximum Gasteiger partial charge on any atom is 0.244 e. The molecule has 2 aliphatic rings. The first-order valence-corrected chi connectivity index (χ1v) is 9.75. The van der Waals surface area contributed by atoms with Gasteiger partial charge in [-0.05, 0) is 55.4 Å². The number of carbonyl (C=O) groups is 2. The van der Waals surface area contributed by atoms with Crippen molar-refractivity contribution in [3.05, 3.63) is 41.2 Å². The summed E-state index contributed by atoms with van der Waals surface area (Å²) < 4.78 is 13.0. The van der Waals surface area contributed by atoms with Crippen LogP contribution in [0.2, 0.25) is 0 Å². The molecule has 136 valence electrons. The van der Waals surface area contributed by atoms with Crippen molar-refractivity contribution in [2.45, 2.75) is 32.1 Å². The van der Waals surface area contributed by atoms with Crippen LogP contribution in [0.5, 0.6) is 0 Å². The van der Waals surface area contributed by atoms with Crippen LogP contribution in [0.1, 0.15) is 31.4 Å². The number of hydrogen-bond donors (Lipinski definition) is 2. The highest BCUT2D eigenvalue weighted by Gasteiger charge is 2.43. The zero-order valence-corrected chi connectivity index (χ0v) is 15.0. The molecule has 1 aromatic carbocycles. The molecule has 3 atom stereocenters. The lowest BCUT2D eigenvalue weighted by molar-refractivity contribution is -0.132. The highest BCUT2D eigenvalue weighted by molar-refractivity contribution is 7.13. The van der Waals surface area contributed by atoms with Crippen LogP contribution in [0, 0.1) is 23.6 Å². The Morgan fingerprint density at radius 1 is 1.15 bits per heavy atom. The molecule has 2 aromatic rings. The lowest BCUT2D eigenvalue weighted by atomic mass is 9.88. The third-order valence-corrected chi connectivity index (χ3v) is 6.32. The van der Waals surface area contributed by atoms with E-state index in [9.17, 15) is 14.0 Å². The summed E-state index contributed by atoms with van der Waals surface area (Å²) in [6.45, 7) is 0. The molecular weight excluding hydrogens is 353 g/mol. The number of amides is 2. The van der Waals surface area contributed by atoms with E-state index in [0.29, 0.717) is 17.5 Å². The van der Waals surface area contributed by atoms with E-state index in [4.69, 9.17) is 0 Å². The number of thiazole rings is 1. The largest absolute Gasteiger partial charge is 0.273 e. The van der Waals surface area contributed by atoms with Crippen molar-refractivity contribution >= 4 is 23.2 Å². The van der Waals surface area contributed by atoms with Crippen molar-refractivity contribution in [1.29, 1.82) is 0 Å². The molecule has 2 aliphatic carbocycles. The number of hydrogen-bond acceptors (Lipinski definition) is 4. The lowest BCUT2D eigenvalue weighted by Crippen LogP contribution is -2.46. The summed E-state index contributed by atoms with van der Waals surface area (Å²) in [7, 11) is 0. The summed E-state index contributed by atoms with van der Waals surface area (Å²) in [5.74, 6) is 0.544. The quantitative estimate of drug-likeness (QED) is 0.809. The molecule has 2 bridgehead atoms. The van der Waals surface area contributed by atoms with E-state index >= 15 is 0 Å². The van der Waals surface area contributed by atoms with Gasteiger partial charge in [-0.3, -0.25) is 20.4 Å². The van der Waals surface area contributed by atoms with E-state index in [1.54, 1.807) is 17.5 Å². The molecule has 1 aromatic heterocycles. The van der Waals surface area contributed by atoms with E-state index in [1.165, 1.54) is 29.9 Å². The number of halogens is 1. The second-order valence-corrected chi connectivity index (χ2v) is 8.00. The zero-order chi connectivity index (χ0) is 18.1. The average Bonchev–Trinajstić information content (AvgIpc) is 3.37. The van der Waals surface area contributed by atoms with Gasteiger partial charge in [0.2, 0.25) is 11.8 Å². The Morgan fingerprint density at radius 2 is 1.96 bits per heavy atom. The van der Waals surface area contributed by atoms with Gasteiger partial charge in [-0.2, -0.15) is 0 Å². The first-order valence-electron chi connectivity index (χ1n) is 8.87. The number of carbonyl (C=O) groups excluding carboxylic acids is 2. The average molecular weight is 373 g/mol. The molecule has 26 heavy (non-hydrogen) atoms. The third kappa shape index (κ3) is 3.62. The number of nitrogens with one attached hydrogen (secondary N) is 2.